The molecule has 5 heteroatoms. The van der Waals surface area contributed by atoms with Gasteiger partial charge in [-0.15, -0.1) is 0 Å². The molecule has 5 nitrogen and oxygen atoms in total. The number of nitrogens with zero attached hydrogens (tertiary/aromatic N) is 1. The average molecular weight is 426 g/mol. The summed E-state index contributed by atoms with van der Waals surface area (Å²) < 4.78 is 17.5. The van der Waals surface area contributed by atoms with Gasteiger partial charge >= 0.3 is 0 Å². The summed E-state index contributed by atoms with van der Waals surface area (Å²) in [7, 11) is 1.55. The number of hydrogen-bond donors (Lipinski definition) is 0. The number of allylic oxidation sites excluding steroid dienone is 1. The van der Waals surface area contributed by atoms with Gasteiger partial charge in [-0.2, -0.15) is 0 Å². The fourth-order valence-electron chi connectivity index (χ4n) is 3.16. The first-order chi connectivity index (χ1) is 15.0. The van der Waals surface area contributed by atoms with Crippen LogP contribution in [-0.4, -0.2) is 32.6 Å². The van der Waals surface area contributed by atoms with Gasteiger partial charge in [0.2, 0.25) is 0 Å². The van der Waals surface area contributed by atoms with E-state index in [1.165, 1.54) is 0 Å². The second kappa shape index (κ2) is 13.5. The van der Waals surface area contributed by atoms with Crippen LogP contribution >= 0.6 is 0 Å². The van der Waals surface area contributed by atoms with Crippen LogP contribution < -0.4 is 9.47 Å². The Morgan fingerprint density at radius 2 is 1.65 bits per heavy atom. The summed E-state index contributed by atoms with van der Waals surface area (Å²) in [5, 5.41) is 3.95. The Hall–Kier alpha value is -2.79. The van der Waals surface area contributed by atoms with Crippen molar-refractivity contribution in [2.75, 3.05) is 26.9 Å². The van der Waals surface area contributed by atoms with Crippen LogP contribution in [0.1, 0.15) is 48.9 Å². The lowest BCUT2D eigenvalue weighted by Crippen LogP contribution is -2.04. The van der Waals surface area contributed by atoms with E-state index < -0.39 is 0 Å². The van der Waals surface area contributed by atoms with Crippen LogP contribution in [0.25, 0.3) is 0 Å². The van der Waals surface area contributed by atoms with Crippen molar-refractivity contribution in [1.82, 2.24) is 0 Å². The third-order valence-corrected chi connectivity index (χ3v) is 4.81. The molecule has 0 fully saturated rings. The van der Waals surface area contributed by atoms with Gasteiger partial charge in [0.25, 0.3) is 0 Å². The smallest absolute Gasteiger partial charge is 0.125 e. The van der Waals surface area contributed by atoms with E-state index >= 15 is 0 Å². The number of hydrogen-bond acceptors (Lipinski definition) is 5. The second-order valence-corrected chi connectivity index (χ2v) is 7.43. The maximum atomic E-state index is 6.02. The molecule has 0 spiro atoms. The van der Waals surface area contributed by atoms with Crippen LogP contribution in [0, 0.1) is 13.8 Å². The molecule has 0 N–H and O–H groups in total. The summed E-state index contributed by atoms with van der Waals surface area (Å²) in [5.41, 5.74) is 5.25. The van der Waals surface area contributed by atoms with Gasteiger partial charge in [0.1, 0.15) is 25.2 Å². The lowest BCUT2D eigenvalue weighted by atomic mass is 10.1. The van der Waals surface area contributed by atoms with Crippen molar-refractivity contribution >= 4 is 5.71 Å². The zero-order chi connectivity index (χ0) is 22.5. The van der Waals surface area contributed by atoms with E-state index in [1.54, 1.807) is 7.11 Å². The number of aryl methyl sites for hydroxylation is 2. The Morgan fingerprint density at radius 3 is 2.29 bits per heavy atom. The van der Waals surface area contributed by atoms with Gasteiger partial charge < -0.3 is 19.0 Å². The molecule has 31 heavy (non-hydrogen) atoms. The van der Waals surface area contributed by atoms with E-state index in [1.807, 2.05) is 50.3 Å². The molecule has 0 heterocycles. The first kappa shape index (κ1) is 24.5. The van der Waals surface area contributed by atoms with Gasteiger partial charge in [0.05, 0.1) is 18.9 Å². The molecule has 2 aromatic carbocycles. The van der Waals surface area contributed by atoms with Crippen LogP contribution in [0.5, 0.6) is 11.5 Å². The van der Waals surface area contributed by atoms with E-state index in [2.05, 4.69) is 31.1 Å². The van der Waals surface area contributed by atoms with E-state index in [4.69, 9.17) is 19.0 Å². The largest absolute Gasteiger partial charge is 0.493 e. The predicted octanol–water partition coefficient (Wildman–Crippen LogP) is 6.00. The maximum absolute atomic E-state index is 6.02. The fourth-order valence-corrected chi connectivity index (χ4v) is 3.16. The van der Waals surface area contributed by atoms with Crippen molar-refractivity contribution < 1.29 is 19.0 Å². The first-order valence-electron chi connectivity index (χ1n) is 10.8. The number of unbranched alkanes of at least 4 members (excludes halogenated alkanes) is 1. The van der Waals surface area contributed by atoms with E-state index in [0.717, 1.165) is 52.3 Å². The summed E-state index contributed by atoms with van der Waals surface area (Å²) in [6.45, 7) is 10.6. The molecule has 0 unspecified atom stereocenters. The van der Waals surface area contributed by atoms with E-state index in [0.29, 0.717) is 26.4 Å². The highest BCUT2D eigenvalue weighted by Gasteiger charge is 2.07. The third kappa shape index (κ3) is 8.46. The Morgan fingerprint density at radius 1 is 0.968 bits per heavy atom. The lowest BCUT2D eigenvalue weighted by molar-refractivity contribution is 0.113. The minimum atomic E-state index is 0.585. The van der Waals surface area contributed by atoms with E-state index in [9.17, 15) is 0 Å². The predicted molar refractivity (Wildman–Crippen MR) is 126 cm³/mol. The van der Waals surface area contributed by atoms with Gasteiger partial charge in [0.15, 0.2) is 0 Å². The Labute approximate surface area is 186 Å². The standard InChI is InChI=1S/C26H35NO4/c1-6-7-15-30-25-17-20(2)26(21(3)18-25)31-16-9-8-14-29-19-23-10-12-24(13-11-23)22(4)27-28-5/h6-7,10-13,17-18H,8-9,14-16,19H2,1-5H3/b7-6+,27-22+. The average Bonchev–Trinajstić information content (AvgIpc) is 2.75. The number of rotatable bonds is 13. The van der Waals surface area contributed by atoms with Crippen LogP contribution in [0.2, 0.25) is 0 Å². The van der Waals surface area contributed by atoms with Gasteiger partial charge in [-0.3, -0.25) is 0 Å². The zero-order valence-corrected chi connectivity index (χ0v) is 19.4. The molecular weight excluding hydrogens is 390 g/mol. The Balaban J connectivity index is 1.67. The molecule has 0 atom stereocenters. The Kier molecular flexibility index (Phi) is 10.7. The van der Waals surface area contributed by atoms with Crippen molar-refractivity contribution in [3.05, 3.63) is 70.8 Å². The number of benzene rings is 2. The molecule has 0 aliphatic heterocycles. The molecule has 0 aliphatic carbocycles. The number of ether oxygens (including phenoxy) is 3. The molecule has 0 saturated carbocycles. The molecule has 0 saturated heterocycles. The van der Waals surface area contributed by atoms with E-state index in [-0.39, 0.29) is 0 Å². The van der Waals surface area contributed by atoms with Crippen molar-refractivity contribution in [1.29, 1.82) is 0 Å². The minimum Gasteiger partial charge on any atom is -0.493 e. The summed E-state index contributed by atoms with van der Waals surface area (Å²) in [6, 6.07) is 12.2. The molecule has 2 aromatic rings. The van der Waals surface area contributed by atoms with Gasteiger partial charge in [-0.1, -0.05) is 41.6 Å². The second-order valence-electron chi connectivity index (χ2n) is 7.43. The quantitative estimate of drug-likeness (QED) is 0.171. The van der Waals surface area contributed by atoms with Crippen LogP contribution in [0.15, 0.2) is 53.7 Å². The van der Waals surface area contributed by atoms with Crippen molar-refractivity contribution in [2.24, 2.45) is 5.16 Å². The SMILES string of the molecule is C/C=C/COc1cc(C)c(OCCCCOCc2ccc(/C(C)=N/OC)cc2)c(C)c1. The van der Waals surface area contributed by atoms with Crippen molar-refractivity contribution in [2.45, 2.75) is 47.1 Å². The first-order valence-corrected chi connectivity index (χ1v) is 10.8. The minimum absolute atomic E-state index is 0.585. The summed E-state index contributed by atoms with van der Waals surface area (Å²) in [5.74, 6) is 1.83. The molecule has 0 bridgehead atoms. The monoisotopic (exact) mass is 425 g/mol. The zero-order valence-electron chi connectivity index (χ0n) is 19.4. The molecule has 0 aromatic heterocycles. The normalized spacial score (nSPS) is 11.7. The van der Waals surface area contributed by atoms with Gasteiger partial charge in [-0.25, -0.2) is 0 Å². The fraction of sp³-hybridized carbons (Fsp3) is 0.423. The molecule has 168 valence electrons. The van der Waals surface area contributed by atoms with Gasteiger partial charge in [-0.05, 0) is 74.9 Å². The molecule has 0 radical (unpaired) electrons. The van der Waals surface area contributed by atoms with Crippen molar-refractivity contribution in [3.8, 4) is 11.5 Å². The lowest BCUT2D eigenvalue weighted by Gasteiger charge is -2.14. The topological polar surface area (TPSA) is 49.3 Å². The van der Waals surface area contributed by atoms with Crippen molar-refractivity contribution in [3.63, 3.8) is 0 Å². The van der Waals surface area contributed by atoms with Crippen LogP contribution in [0.4, 0.5) is 0 Å². The highest BCUT2D eigenvalue weighted by molar-refractivity contribution is 5.98. The molecule has 0 aliphatic rings. The van der Waals surface area contributed by atoms with Crippen LogP contribution in [0.3, 0.4) is 0 Å². The number of oxime groups is 1. The summed E-state index contributed by atoms with van der Waals surface area (Å²) in [6.07, 6.45) is 5.88. The van der Waals surface area contributed by atoms with Crippen LogP contribution in [-0.2, 0) is 16.2 Å². The summed E-state index contributed by atoms with van der Waals surface area (Å²) in [4.78, 5) is 4.81. The Bertz CT molecular complexity index is 833. The summed E-state index contributed by atoms with van der Waals surface area (Å²) >= 11 is 0. The highest BCUT2D eigenvalue weighted by atomic mass is 16.6. The molecular formula is C26H35NO4. The maximum Gasteiger partial charge on any atom is 0.125 e. The highest BCUT2D eigenvalue weighted by Crippen LogP contribution is 2.28. The third-order valence-electron chi connectivity index (χ3n) is 4.81. The van der Waals surface area contributed by atoms with Gasteiger partial charge in [0, 0.05) is 6.61 Å². The molecule has 2 rings (SSSR count). The molecule has 0 amide bonds.